The lowest BCUT2D eigenvalue weighted by Crippen LogP contribution is -2.46. The molecule has 3 aliphatic rings. The number of rotatable bonds is 10. The van der Waals surface area contributed by atoms with Gasteiger partial charge in [0.05, 0.1) is 30.9 Å². The van der Waals surface area contributed by atoms with Crippen LogP contribution in [0.4, 0.5) is 11.5 Å². The first-order chi connectivity index (χ1) is 24.6. The van der Waals surface area contributed by atoms with Crippen LogP contribution in [0.3, 0.4) is 0 Å². The third kappa shape index (κ3) is 7.45. The minimum Gasteiger partial charge on any atom is -0.395 e. The van der Waals surface area contributed by atoms with Crippen molar-refractivity contribution in [3.63, 3.8) is 0 Å². The number of anilines is 2. The summed E-state index contributed by atoms with van der Waals surface area (Å²) in [7, 11) is 1.69. The van der Waals surface area contributed by atoms with E-state index in [0.29, 0.717) is 23.8 Å². The number of piperidine rings is 1. The van der Waals surface area contributed by atoms with Crippen LogP contribution in [0.1, 0.15) is 67.4 Å². The van der Waals surface area contributed by atoms with Crippen molar-refractivity contribution < 1.29 is 14.6 Å². The molecule has 1 saturated heterocycles. The number of aliphatic hydroxyl groups is 1. The first kappa shape index (κ1) is 34.9. The number of carbonyl (C=O) groups excluding carboxylic acids is 1. The molecule has 1 amide bonds. The molecule has 7 rings (SSSR count). The van der Waals surface area contributed by atoms with Crippen LogP contribution in [-0.4, -0.2) is 76.4 Å². The Morgan fingerprint density at radius 2 is 1.73 bits per heavy atom. The molecule has 1 saturated carbocycles. The van der Waals surface area contributed by atoms with Crippen LogP contribution in [0, 0.1) is 0 Å². The van der Waals surface area contributed by atoms with E-state index in [1.54, 1.807) is 31.6 Å². The zero-order valence-electron chi connectivity index (χ0n) is 30.0. The van der Waals surface area contributed by atoms with Gasteiger partial charge in [-0.2, -0.15) is 0 Å². The Balaban J connectivity index is 0.971. The average Bonchev–Trinajstić information content (AvgIpc) is 3.69. The van der Waals surface area contributed by atoms with E-state index in [1.807, 2.05) is 0 Å². The zero-order chi connectivity index (χ0) is 35.7. The Morgan fingerprint density at radius 3 is 2.47 bits per heavy atom. The molecule has 0 spiro atoms. The number of aromatic nitrogens is 2. The summed E-state index contributed by atoms with van der Waals surface area (Å²) in [5, 5.41) is 12.5. The number of hydrogen-bond donors (Lipinski definition) is 3. The van der Waals surface area contributed by atoms with Crippen molar-refractivity contribution in [1.29, 1.82) is 0 Å². The molecule has 4 N–H and O–H groups in total. The van der Waals surface area contributed by atoms with Gasteiger partial charge in [0.2, 0.25) is 5.56 Å². The van der Waals surface area contributed by atoms with Gasteiger partial charge in [0.15, 0.2) is 0 Å². The molecule has 2 aromatic heterocycles. The van der Waals surface area contributed by atoms with Crippen LogP contribution in [0.15, 0.2) is 77.9 Å². The van der Waals surface area contributed by atoms with Gasteiger partial charge in [-0.3, -0.25) is 9.59 Å². The minimum atomic E-state index is -0.277. The number of hydrogen-bond acceptors (Lipinski definition) is 8. The molecular weight excluding hydrogens is 640 g/mol. The molecule has 2 aromatic carbocycles. The second kappa shape index (κ2) is 14.6. The predicted octanol–water partition coefficient (Wildman–Crippen LogP) is 5.12. The maximum atomic E-state index is 13.4. The Morgan fingerprint density at radius 1 is 0.980 bits per heavy atom. The fraction of sp³-hybridized carbons (Fsp3) is 0.439. The average molecular weight is 691 g/mol. The van der Waals surface area contributed by atoms with Crippen LogP contribution in [0.25, 0.3) is 22.3 Å². The number of nitrogens with one attached hydrogen (secondary N) is 1. The van der Waals surface area contributed by atoms with Gasteiger partial charge in [-0.05, 0) is 84.2 Å². The van der Waals surface area contributed by atoms with Crippen LogP contribution >= 0.6 is 0 Å². The Labute approximate surface area is 300 Å². The van der Waals surface area contributed by atoms with Crippen molar-refractivity contribution in [3.8, 4) is 22.3 Å². The van der Waals surface area contributed by atoms with Crippen molar-refractivity contribution in [2.45, 2.75) is 76.2 Å². The highest BCUT2D eigenvalue weighted by atomic mass is 16.5. The summed E-state index contributed by atoms with van der Waals surface area (Å²) in [6.45, 7) is 9.30. The molecule has 2 atom stereocenters. The number of nitrogen functional groups attached to an aromatic ring is 1. The number of carbonyl (C=O) groups is 1. The van der Waals surface area contributed by atoms with E-state index in [0.717, 1.165) is 69.4 Å². The fourth-order valence-electron chi connectivity index (χ4n) is 8.14. The summed E-state index contributed by atoms with van der Waals surface area (Å²) >= 11 is 0. The maximum Gasteiger partial charge on any atom is 0.255 e. The number of aryl methyl sites for hydroxylation is 1. The molecule has 1 aliphatic carbocycles. The quantitative estimate of drug-likeness (QED) is 0.210. The minimum absolute atomic E-state index is 0.0720. The van der Waals surface area contributed by atoms with Gasteiger partial charge >= 0.3 is 0 Å². The summed E-state index contributed by atoms with van der Waals surface area (Å²) in [4.78, 5) is 34.5. The molecule has 0 bridgehead atoms. The second-order valence-electron chi connectivity index (χ2n) is 15.1. The van der Waals surface area contributed by atoms with Gasteiger partial charge in [-0.25, -0.2) is 4.98 Å². The normalized spacial score (nSPS) is 20.4. The van der Waals surface area contributed by atoms with Gasteiger partial charge in [0.25, 0.3) is 5.91 Å². The van der Waals surface area contributed by atoms with E-state index in [1.165, 1.54) is 33.0 Å². The summed E-state index contributed by atoms with van der Waals surface area (Å²) in [6.07, 6.45) is 8.18. The lowest BCUT2D eigenvalue weighted by molar-refractivity contribution is 0.0272. The van der Waals surface area contributed by atoms with E-state index in [2.05, 4.69) is 76.4 Å². The van der Waals surface area contributed by atoms with Crippen LogP contribution in [-0.2, 0) is 23.8 Å². The number of β-amino-alcohol motifs (C(OH)–C–C–N with tert-alkyl or cyclic N) is 1. The van der Waals surface area contributed by atoms with Crippen molar-refractivity contribution in [2.75, 3.05) is 43.4 Å². The number of likely N-dealkylation sites (tertiary alicyclic amines) is 1. The summed E-state index contributed by atoms with van der Waals surface area (Å²) < 4.78 is 7.89. The van der Waals surface area contributed by atoms with Crippen molar-refractivity contribution in [1.82, 2.24) is 19.8 Å². The molecule has 10 heteroatoms. The summed E-state index contributed by atoms with van der Waals surface area (Å²) in [6, 6.07) is 20.9. The number of nitrogens with zero attached hydrogens (tertiary/aromatic N) is 4. The van der Waals surface area contributed by atoms with E-state index in [9.17, 15) is 14.7 Å². The van der Waals surface area contributed by atoms with E-state index in [4.69, 9.17) is 10.5 Å². The topological polar surface area (TPSA) is 126 Å². The van der Waals surface area contributed by atoms with E-state index in [-0.39, 0.29) is 41.5 Å². The third-order valence-electron chi connectivity index (χ3n) is 11.1. The smallest absolute Gasteiger partial charge is 0.255 e. The molecule has 10 nitrogen and oxygen atoms in total. The van der Waals surface area contributed by atoms with Crippen LogP contribution in [0.2, 0.25) is 0 Å². The number of amides is 1. The highest BCUT2D eigenvalue weighted by Crippen LogP contribution is 2.44. The second-order valence-corrected chi connectivity index (χ2v) is 15.1. The number of ether oxygens (including phenoxy) is 1. The summed E-state index contributed by atoms with van der Waals surface area (Å²) in [5.41, 5.74) is 14.2. The standard InChI is InChI=1S/C41H50N6O4/c1-41(2)26-47(32-15-17-46(18-16-32)19-20-48)36-13-11-29(22-34(36)41)28-9-7-27(8-10-28)25-51-37-6-4-5-35(37)44-40(50)33-21-31(23-43-39(33)42)30-12-14-38(49)45(3)24-30/h7-14,21-24,32,35,37,48H,4-6,15-20,25-26H2,1-3H3,(H2,42,43)(H,44,50)/t35-,37-/m0/s1. The lowest BCUT2D eigenvalue weighted by Gasteiger charge is -2.38. The molecule has 51 heavy (non-hydrogen) atoms. The number of pyridine rings is 2. The Bertz CT molecular complexity index is 1930. The van der Waals surface area contributed by atoms with Gasteiger partial charge in [-0.15, -0.1) is 0 Å². The van der Waals surface area contributed by atoms with E-state index < -0.39 is 0 Å². The maximum absolute atomic E-state index is 13.4. The number of nitrogens with two attached hydrogens (primary N) is 1. The van der Waals surface area contributed by atoms with Crippen molar-refractivity contribution in [2.24, 2.45) is 7.05 Å². The molecule has 2 aliphatic heterocycles. The zero-order valence-corrected chi connectivity index (χ0v) is 30.0. The monoisotopic (exact) mass is 690 g/mol. The molecule has 4 heterocycles. The van der Waals surface area contributed by atoms with Gasteiger partial charge in [-0.1, -0.05) is 44.2 Å². The molecule has 268 valence electrons. The third-order valence-corrected chi connectivity index (χ3v) is 11.1. The Hall–Kier alpha value is -4.51. The highest BCUT2D eigenvalue weighted by Gasteiger charge is 2.39. The first-order valence-corrected chi connectivity index (χ1v) is 18.3. The van der Waals surface area contributed by atoms with Gasteiger partial charge < -0.3 is 35.3 Å². The largest absolute Gasteiger partial charge is 0.395 e. The van der Waals surface area contributed by atoms with Crippen molar-refractivity contribution in [3.05, 3.63) is 100 Å². The molecular formula is C41H50N6O4. The highest BCUT2D eigenvalue weighted by molar-refractivity contribution is 5.99. The molecule has 4 aromatic rings. The van der Waals surface area contributed by atoms with Gasteiger partial charge in [0, 0.05) is 74.4 Å². The first-order valence-electron chi connectivity index (χ1n) is 18.3. The summed E-state index contributed by atoms with van der Waals surface area (Å²) in [5.74, 6) is -0.114. The SMILES string of the molecule is Cn1cc(-c2cnc(N)c(C(=O)N[C@H]3CCC[C@@H]3OCc3ccc(-c4ccc5c(c4)C(C)(C)CN5C4CCN(CCO)CC4)cc3)c2)ccc1=O. The predicted molar refractivity (Wildman–Crippen MR) is 202 cm³/mol. The Kier molecular flexibility index (Phi) is 10.0. The van der Waals surface area contributed by atoms with Crippen molar-refractivity contribution >= 4 is 17.4 Å². The van der Waals surface area contributed by atoms with Gasteiger partial charge in [0.1, 0.15) is 5.82 Å². The molecule has 2 fully saturated rings. The molecule has 0 radical (unpaired) electrons. The van der Waals surface area contributed by atoms with Crippen LogP contribution in [0.5, 0.6) is 0 Å². The molecule has 0 unspecified atom stereocenters. The van der Waals surface area contributed by atoms with Crippen LogP contribution < -0.4 is 21.5 Å². The van der Waals surface area contributed by atoms with E-state index >= 15 is 0 Å². The lowest BCUT2D eigenvalue weighted by atomic mass is 9.85. The number of benzene rings is 2. The number of fused-ring (bicyclic) bond motifs is 1. The number of aliphatic hydroxyl groups excluding tert-OH is 1. The fourth-order valence-corrected chi connectivity index (χ4v) is 8.14.